The van der Waals surface area contributed by atoms with Crippen molar-refractivity contribution in [2.45, 2.75) is 0 Å². The van der Waals surface area contributed by atoms with E-state index >= 15 is 0 Å². The van der Waals surface area contributed by atoms with Gasteiger partial charge in [0.2, 0.25) is 0 Å². The molecular formula is C14H8N2S2. The number of nitrogens with zero attached hydrogens (tertiary/aromatic N) is 2. The van der Waals surface area contributed by atoms with Crippen molar-refractivity contribution in [3.63, 3.8) is 0 Å². The highest BCUT2D eigenvalue weighted by Crippen LogP contribution is 2.29. The van der Waals surface area contributed by atoms with Crippen molar-refractivity contribution < 1.29 is 0 Å². The molecule has 0 saturated carbocycles. The Morgan fingerprint density at radius 2 is 1.17 bits per heavy atom. The number of benzene rings is 2. The SMILES string of the molecule is c1nc2ccc(-c3ccc4ncsc4c3)cc2s1. The minimum atomic E-state index is 1.07. The standard InChI is InChI=1S/C14H8N2S2/c1-3-11-13(17-7-15-11)5-9(1)10-2-4-12-14(6-10)18-8-16-12/h1-8H. The van der Waals surface area contributed by atoms with Gasteiger partial charge in [-0.15, -0.1) is 22.7 Å². The van der Waals surface area contributed by atoms with Crippen LogP contribution >= 0.6 is 22.7 Å². The third-order valence-corrected chi connectivity index (χ3v) is 4.58. The van der Waals surface area contributed by atoms with Crippen LogP contribution in [0.3, 0.4) is 0 Å². The second kappa shape index (κ2) is 3.86. The van der Waals surface area contributed by atoms with Gasteiger partial charge in [0, 0.05) is 0 Å². The van der Waals surface area contributed by atoms with Gasteiger partial charge in [0.05, 0.1) is 31.5 Å². The first-order valence-corrected chi connectivity index (χ1v) is 7.33. The van der Waals surface area contributed by atoms with Crippen LogP contribution in [0, 0.1) is 0 Å². The Labute approximate surface area is 112 Å². The Balaban J connectivity index is 1.93. The summed E-state index contributed by atoms with van der Waals surface area (Å²) in [5.41, 5.74) is 8.40. The van der Waals surface area contributed by atoms with Gasteiger partial charge in [-0.1, -0.05) is 12.1 Å². The molecule has 2 nitrogen and oxygen atoms in total. The molecule has 86 valence electrons. The third-order valence-electron chi connectivity index (χ3n) is 3.00. The van der Waals surface area contributed by atoms with E-state index in [1.54, 1.807) is 22.7 Å². The van der Waals surface area contributed by atoms with Crippen LogP contribution in [0.1, 0.15) is 0 Å². The van der Waals surface area contributed by atoms with Crippen LogP contribution in [0.25, 0.3) is 31.6 Å². The Hall–Kier alpha value is -1.78. The summed E-state index contributed by atoms with van der Waals surface area (Å²) >= 11 is 3.36. The summed E-state index contributed by atoms with van der Waals surface area (Å²) in [6, 6.07) is 12.8. The van der Waals surface area contributed by atoms with Crippen molar-refractivity contribution in [1.29, 1.82) is 0 Å². The molecule has 0 atom stereocenters. The van der Waals surface area contributed by atoms with Crippen molar-refractivity contribution >= 4 is 43.1 Å². The lowest BCUT2D eigenvalue weighted by atomic mass is 10.1. The summed E-state index contributed by atoms with van der Waals surface area (Å²) in [4.78, 5) is 8.61. The lowest BCUT2D eigenvalue weighted by molar-refractivity contribution is 1.49. The Kier molecular flexibility index (Phi) is 2.18. The van der Waals surface area contributed by atoms with Crippen LogP contribution in [-0.4, -0.2) is 9.97 Å². The minimum absolute atomic E-state index is 1.07. The maximum Gasteiger partial charge on any atom is 0.0812 e. The molecule has 0 bridgehead atoms. The fourth-order valence-electron chi connectivity index (χ4n) is 2.07. The number of hydrogen-bond donors (Lipinski definition) is 0. The molecule has 0 aliphatic carbocycles. The molecular weight excluding hydrogens is 260 g/mol. The highest BCUT2D eigenvalue weighted by Gasteiger charge is 2.03. The fraction of sp³-hybridized carbons (Fsp3) is 0. The van der Waals surface area contributed by atoms with E-state index in [1.165, 1.54) is 20.5 Å². The Morgan fingerprint density at radius 3 is 1.67 bits per heavy atom. The van der Waals surface area contributed by atoms with Gasteiger partial charge >= 0.3 is 0 Å². The maximum absolute atomic E-state index is 4.31. The second-order valence-electron chi connectivity index (χ2n) is 4.07. The Bertz CT molecular complexity index is 773. The summed E-state index contributed by atoms with van der Waals surface area (Å²) in [6.07, 6.45) is 0. The molecule has 2 aromatic carbocycles. The fourth-order valence-corrected chi connectivity index (χ4v) is 3.50. The van der Waals surface area contributed by atoms with Crippen molar-refractivity contribution in [2.75, 3.05) is 0 Å². The van der Waals surface area contributed by atoms with E-state index in [2.05, 4.69) is 46.4 Å². The molecule has 0 unspecified atom stereocenters. The van der Waals surface area contributed by atoms with Gasteiger partial charge in [0.1, 0.15) is 0 Å². The molecule has 2 heterocycles. The van der Waals surface area contributed by atoms with Crippen LogP contribution in [0.4, 0.5) is 0 Å². The van der Waals surface area contributed by atoms with Crippen molar-refractivity contribution in [2.24, 2.45) is 0 Å². The molecule has 0 aliphatic rings. The molecule has 2 aromatic heterocycles. The number of rotatable bonds is 1. The summed E-state index contributed by atoms with van der Waals surface area (Å²) in [7, 11) is 0. The zero-order chi connectivity index (χ0) is 11.9. The van der Waals surface area contributed by atoms with Crippen LogP contribution < -0.4 is 0 Å². The maximum atomic E-state index is 4.31. The third kappa shape index (κ3) is 1.54. The summed E-state index contributed by atoms with van der Waals surface area (Å²) in [6.45, 7) is 0. The molecule has 0 amide bonds. The molecule has 0 N–H and O–H groups in total. The van der Waals surface area contributed by atoms with Crippen molar-refractivity contribution in [3.8, 4) is 11.1 Å². The monoisotopic (exact) mass is 268 g/mol. The summed E-state index contributed by atoms with van der Waals surface area (Å²) < 4.78 is 2.47. The Morgan fingerprint density at radius 1 is 0.667 bits per heavy atom. The van der Waals surface area contributed by atoms with Crippen LogP contribution in [-0.2, 0) is 0 Å². The zero-order valence-corrected chi connectivity index (χ0v) is 11.0. The van der Waals surface area contributed by atoms with Gasteiger partial charge in [0.25, 0.3) is 0 Å². The largest absolute Gasteiger partial charge is 0.245 e. The number of aromatic nitrogens is 2. The van der Waals surface area contributed by atoms with E-state index in [0.29, 0.717) is 0 Å². The predicted octanol–water partition coefficient (Wildman–Crippen LogP) is 4.57. The van der Waals surface area contributed by atoms with E-state index < -0.39 is 0 Å². The number of hydrogen-bond acceptors (Lipinski definition) is 4. The van der Waals surface area contributed by atoms with Gasteiger partial charge in [-0.3, -0.25) is 0 Å². The second-order valence-corrected chi connectivity index (χ2v) is 5.84. The average molecular weight is 268 g/mol. The van der Waals surface area contributed by atoms with Crippen LogP contribution in [0.15, 0.2) is 47.4 Å². The van der Waals surface area contributed by atoms with Gasteiger partial charge in [-0.2, -0.15) is 0 Å². The van der Waals surface area contributed by atoms with Crippen molar-refractivity contribution in [1.82, 2.24) is 9.97 Å². The predicted molar refractivity (Wildman–Crippen MR) is 78.2 cm³/mol. The van der Waals surface area contributed by atoms with Gasteiger partial charge in [0.15, 0.2) is 0 Å². The first-order chi connectivity index (χ1) is 8.90. The molecule has 0 spiro atoms. The zero-order valence-electron chi connectivity index (χ0n) is 9.33. The molecule has 0 saturated heterocycles. The first-order valence-electron chi connectivity index (χ1n) is 5.57. The van der Waals surface area contributed by atoms with E-state index in [0.717, 1.165) is 11.0 Å². The van der Waals surface area contributed by atoms with Crippen LogP contribution in [0.2, 0.25) is 0 Å². The highest BCUT2D eigenvalue weighted by atomic mass is 32.1. The molecule has 0 radical (unpaired) electrons. The molecule has 4 aromatic rings. The highest BCUT2D eigenvalue weighted by molar-refractivity contribution is 7.17. The molecule has 4 rings (SSSR count). The lowest BCUT2D eigenvalue weighted by Gasteiger charge is -2.01. The topological polar surface area (TPSA) is 25.8 Å². The van der Waals surface area contributed by atoms with Gasteiger partial charge in [-0.25, -0.2) is 9.97 Å². The van der Waals surface area contributed by atoms with Crippen LogP contribution in [0.5, 0.6) is 0 Å². The lowest BCUT2D eigenvalue weighted by Crippen LogP contribution is -1.77. The van der Waals surface area contributed by atoms with E-state index in [4.69, 9.17) is 0 Å². The van der Waals surface area contributed by atoms with E-state index in [-0.39, 0.29) is 0 Å². The number of thiazole rings is 2. The molecule has 4 heteroatoms. The number of fused-ring (bicyclic) bond motifs is 2. The quantitative estimate of drug-likeness (QED) is 0.505. The summed E-state index contributed by atoms with van der Waals surface area (Å²) in [5.74, 6) is 0. The average Bonchev–Trinajstić information content (AvgIpc) is 3.05. The van der Waals surface area contributed by atoms with Gasteiger partial charge < -0.3 is 0 Å². The normalized spacial score (nSPS) is 11.3. The molecule has 0 fully saturated rings. The molecule has 0 aliphatic heterocycles. The van der Waals surface area contributed by atoms with E-state index in [1.807, 2.05) is 11.0 Å². The van der Waals surface area contributed by atoms with Crippen molar-refractivity contribution in [3.05, 3.63) is 47.4 Å². The minimum Gasteiger partial charge on any atom is -0.245 e. The van der Waals surface area contributed by atoms with Gasteiger partial charge in [-0.05, 0) is 35.4 Å². The first kappa shape index (κ1) is 10.2. The molecule has 18 heavy (non-hydrogen) atoms. The summed E-state index contributed by atoms with van der Waals surface area (Å²) in [5, 5.41) is 0. The smallest absolute Gasteiger partial charge is 0.0812 e. The van der Waals surface area contributed by atoms with E-state index in [9.17, 15) is 0 Å².